The SMILES string of the molecule is COCc1ccccc1CNC(=O)NCc1ccc(F)cc1. The van der Waals surface area contributed by atoms with Gasteiger partial charge < -0.3 is 15.4 Å². The first-order valence-corrected chi connectivity index (χ1v) is 7.01. The molecule has 0 aliphatic heterocycles. The molecule has 0 fully saturated rings. The summed E-state index contributed by atoms with van der Waals surface area (Å²) in [6, 6.07) is 13.5. The van der Waals surface area contributed by atoms with Crippen molar-refractivity contribution in [1.82, 2.24) is 10.6 Å². The normalized spacial score (nSPS) is 10.3. The first kappa shape index (κ1) is 16.0. The Hall–Kier alpha value is -2.40. The van der Waals surface area contributed by atoms with Crippen LogP contribution in [0.5, 0.6) is 0 Å². The molecule has 2 aromatic rings. The summed E-state index contributed by atoms with van der Waals surface area (Å²) in [5, 5.41) is 5.54. The van der Waals surface area contributed by atoms with E-state index in [9.17, 15) is 9.18 Å². The van der Waals surface area contributed by atoms with Crippen molar-refractivity contribution in [3.63, 3.8) is 0 Å². The van der Waals surface area contributed by atoms with E-state index in [0.29, 0.717) is 19.7 Å². The van der Waals surface area contributed by atoms with E-state index in [1.54, 1.807) is 19.2 Å². The molecule has 5 heteroatoms. The summed E-state index contributed by atoms with van der Waals surface area (Å²) in [6.45, 7) is 1.29. The second-order valence-electron chi connectivity index (χ2n) is 4.86. The summed E-state index contributed by atoms with van der Waals surface area (Å²) in [7, 11) is 1.64. The van der Waals surface area contributed by atoms with E-state index in [1.807, 2.05) is 24.3 Å². The molecule has 0 bridgehead atoms. The van der Waals surface area contributed by atoms with Crippen LogP contribution in [0.1, 0.15) is 16.7 Å². The highest BCUT2D eigenvalue weighted by molar-refractivity contribution is 5.73. The van der Waals surface area contributed by atoms with E-state index in [4.69, 9.17) is 4.74 Å². The molecule has 0 spiro atoms. The number of hydrogen-bond acceptors (Lipinski definition) is 2. The van der Waals surface area contributed by atoms with Gasteiger partial charge >= 0.3 is 6.03 Å². The molecule has 0 saturated heterocycles. The monoisotopic (exact) mass is 302 g/mol. The fourth-order valence-electron chi connectivity index (χ4n) is 2.05. The molecule has 0 saturated carbocycles. The molecule has 0 aliphatic rings. The van der Waals surface area contributed by atoms with Crippen molar-refractivity contribution >= 4 is 6.03 Å². The number of amides is 2. The van der Waals surface area contributed by atoms with Crippen LogP contribution in [0.2, 0.25) is 0 Å². The third kappa shape index (κ3) is 4.86. The molecule has 2 aromatic carbocycles. The quantitative estimate of drug-likeness (QED) is 0.862. The zero-order valence-electron chi connectivity index (χ0n) is 12.4. The van der Waals surface area contributed by atoms with Crippen LogP contribution in [0, 0.1) is 5.82 Å². The molecule has 2 rings (SSSR count). The van der Waals surface area contributed by atoms with Crippen molar-refractivity contribution in [1.29, 1.82) is 0 Å². The molecule has 22 heavy (non-hydrogen) atoms. The van der Waals surface area contributed by atoms with E-state index < -0.39 is 0 Å². The van der Waals surface area contributed by atoms with Gasteiger partial charge in [0.05, 0.1) is 6.61 Å². The zero-order chi connectivity index (χ0) is 15.8. The number of rotatable bonds is 6. The Labute approximate surface area is 129 Å². The second kappa shape index (κ2) is 8.14. The van der Waals surface area contributed by atoms with Gasteiger partial charge in [-0.05, 0) is 28.8 Å². The Morgan fingerprint density at radius 1 is 1.00 bits per heavy atom. The number of ether oxygens (including phenoxy) is 1. The van der Waals surface area contributed by atoms with Crippen LogP contribution in [0.15, 0.2) is 48.5 Å². The van der Waals surface area contributed by atoms with Crippen molar-refractivity contribution in [2.24, 2.45) is 0 Å². The highest BCUT2D eigenvalue weighted by Crippen LogP contribution is 2.09. The number of carbonyl (C=O) groups excluding carboxylic acids is 1. The Morgan fingerprint density at radius 3 is 2.32 bits per heavy atom. The van der Waals surface area contributed by atoms with Crippen molar-refractivity contribution in [2.75, 3.05) is 7.11 Å². The lowest BCUT2D eigenvalue weighted by atomic mass is 10.1. The van der Waals surface area contributed by atoms with Gasteiger partial charge in [-0.15, -0.1) is 0 Å². The Morgan fingerprint density at radius 2 is 1.64 bits per heavy atom. The largest absolute Gasteiger partial charge is 0.380 e. The summed E-state index contributed by atoms with van der Waals surface area (Å²) in [4.78, 5) is 11.8. The van der Waals surface area contributed by atoms with Crippen LogP contribution in [0.3, 0.4) is 0 Å². The van der Waals surface area contributed by atoms with Crippen LogP contribution in [-0.4, -0.2) is 13.1 Å². The lowest BCUT2D eigenvalue weighted by Crippen LogP contribution is -2.34. The molecule has 0 aliphatic carbocycles. The molecule has 4 nitrogen and oxygen atoms in total. The average Bonchev–Trinajstić information content (AvgIpc) is 2.54. The van der Waals surface area contributed by atoms with Gasteiger partial charge in [-0.3, -0.25) is 0 Å². The van der Waals surface area contributed by atoms with Gasteiger partial charge in [0, 0.05) is 20.2 Å². The number of nitrogens with one attached hydrogen (secondary N) is 2. The van der Waals surface area contributed by atoms with Crippen LogP contribution in [-0.2, 0) is 24.4 Å². The van der Waals surface area contributed by atoms with Crippen molar-refractivity contribution in [3.05, 3.63) is 71.0 Å². The van der Waals surface area contributed by atoms with Crippen LogP contribution in [0.25, 0.3) is 0 Å². The van der Waals surface area contributed by atoms with Crippen LogP contribution < -0.4 is 10.6 Å². The summed E-state index contributed by atoms with van der Waals surface area (Å²) < 4.78 is 17.9. The molecule has 0 unspecified atom stereocenters. The lowest BCUT2D eigenvalue weighted by Gasteiger charge is -2.11. The van der Waals surface area contributed by atoms with E-state index in [2.05, 4.69) is 10.6 Å². The van der Waals surface area contributed by atoms with Gasteiger partial charge in [-0.1, -0.05) is 36.4 Å². The van der Waals surface area contributed by atoms with E-state index in [-0.39, 0.29) is 11.8 Å². The predicted molar refractivity (Wildman–Crippen MR) is 82.6 cm³/mol. The Balaban J connectivity index is 1.81. The molecular weight excluding hydrogens is 283 g/mol. The van der Waals surface area contributed by atoms with Gasteiger partial charge in [0.25, 0.3) is 0 Å². The summed E-state index contributed by atoms with van der Waals surface area (Å²) in [5.41, 5.74) is 2.90. The molecule has 0 aromatic heterocycles. The van der Waals surface area contributed by atoms with E-state index >= 15 is 0 Å². The number of urea groups is 1. The number of halogens is 1. The number of methoxy groups -OCH3 is 1. The van der Waals surface area contributed by atoms with Gasteiger partial charge in [0.1, 0.15) is 5.82 Å². The standard InChI is InChI=1S/C17H19FN2O2/c1-22-12-15-5-3-2-4-14(15)11-20-17(21)19-10-13-6-8-16(18)9-7-13/h2-9H,10-12H2,1H3,(H2,19,20,21). The van der Waals surface area contributed by atoms with Gasteiger partial charge in [0.2, 0.25) is 0 Å². The molecule has 2 N–H and O–H groups in total. The van der Waals surface area contributed by atoms with Gasteiger partial charge in [-0.25, -0.2) is 9.18 Å². The minimum absolute atomic E-state index is 0.267. The fourth-order valence-corrected chi connectivity index (χ4v) is 2.05. The third-order valence-electron chi connectivity index (χ3n) is 3.22. The number of carbonyl (C=O) groups is 1. The Kier molecular flexibility index (Phi) is 5.91. The van der Waals surface area contributed by atoms with Crippen molar-refractivity contribution < 1.29 is 13.9 Å². The molecule has 116 valence electrons. The fraction of sp³-hybridized carbons (Fsp3) is 0.235. The maximum Gasteiger partial charge on any atom is 0.315 e. The van der Waals surface area contributed by atoms with E-state index in [1.165, 1.54) is 12.1 Å². The minimum Gasteiger partial charge on any atom is -0.380 e. The predicted octanol–water partition coefficient (Wildman–Crippen LogP) is 2.97. The van der Waals surface area contributed by atoms with Crippen LogP contribution >= 0.6 is 0 Å². The molecule has 0 heterocycles. The van der Waals surface area contributed by atoms with Crippen molar-refractivity contribution in [3.8, 4) is 0 Å². The first-order chi connectivity index (χ1) is 10.7. The van der Waals surface area contributed by atoms with Gasteiger partial charge in [-0.2, -0.15) is 0 Å². The Bertz CT molecular complexity index is 614. The molecule has 0 radical (unpaired) electrons. The molecule has 0 atom stereocenters. The smallest absolute Gasteiger partial charge is 0.315 e. The lowest BCUT2D eigenvalue weighted by molar-refractivity contribution is 0.184. The highest BCUT2D eigenvalue weighted by atomic mass is 19.1. The minimum atomic E-state index is -0.289. The maximum atomic E-state index is 12.8. The van der Waals surface area contributed by atoms with Crippen molar-refractivity contribution in [2.45, 2.75) is 19.7 Å². The van der Waals surface area contributed by atoms with Gasteiger partial charge in [0.15, 0.2) is 0 Å². The summed E-state index contributed by atoms with van der Waals surface area (Å²) in [5.74, 6) is -0.289. The van der Waals surface area contributed by atoms with E-state index in [0.717, 1.165) is 16.7 Å². The summed E-state index contributed by atoms with van der Waals surface area (Å²) >= 11 is 0. The number of benzene rings is 2. The van der Waals surface area contributed by atoms with Crippen LogP contribution in [0.4, 0.5) is 9.18 Å². The molecular formula is C17H19FN2O2. The molecule has 2 amide bonds. The zero-order valence-corrected chi connectivity index (χ0v) is 12.4. The third-order valence-corrected chi connectivity index (χ3v) is 3.22. The highest BCUT2D eigenvalue weighted by Gasteiger charge is 2.04. The topological polar surface area (TPSA) is 50.4 Å². The summed E-state index contributed by atoms with van der Waals surface area (Å²) in [6.07, 6.45) is 0. The first-order valence-electron chi connectivity index (χ1n) is 7.01. The second-order valence-corrected chi connectivity index (χ2v) is 4.86. The average molecular weight is 302 g/mol. The maximum absolute atomic E-state index is 12.8. The number of hydrogen-bond donors (Lipinski definition) is 2.